The number of rotatable bonds is 8. The highest BCUT2D eigenvalue weighted by Crippen LogP contribution is 2.38. The Labute approximate surface area is 292 Å². The molecule has 0 atom stereocenters. The van der Waals surface area contributed by atoms with Crippen LogP contribution in [0.15, 0.2) is 151 Å². The lowest BCUT2D eigenvalue weighted by atomic mass is 10.0. The predicted octanol–water partition coefficient (Wildman–Crippen LogP) is 10.0. The van der Waals surface area contributed by atoms with Crippen LogP contribution in [0.4, 0.5) is 17.1 Å². The maximum atomic E-state index is 13.2. The van der Waals surface area contributed by atoms with Gasteiger partial charge in [-0.15, -0.1) is 0 Å². The summed E-state index contributed by atoms with van der Waals surface area (Å²) in [6.07, 6.45) is 1.68. The molecule has 0 aromatic heterocycles. The van der Waals surface area contributed by atoms with Gasteiger partial charge in [0.25, 0.3) is 11.8 Å². The maximum Gasteiger partial charge on any atom is 0.265 e. The van der Waals surface area contributed by atoms with Crippen molar-refractivity contribution in [3.05, 3.63) is 157 Å². The monoisotopic (exact) mass is 657 g/mol. The second-order valence-electron chi connectivity index (χ2n) is 11.9. The summed E-state index contributed by atoms with van der Waals surface area (Å²) in [7, 11) is 0. The molecule has 0 spiro atoms. The van der Waals surface area contributed by atoms with Crippen LogP contribution < -0.4 is 4.90 Å². The van der Waals surface area contributed by atoms with Gasteiger partial charge in [-0.25, -0.2) is 0 Å². The molecule has 1 aliphatic rings. The molecule has 240 valence electrons. The van der Waals surface area contributed by atoms with E-state index in [1.54, 1.807) is 6.08 Å². The molecule has 2 amide bonds. The SMILES string of the molecule is CCN1C(=O)C(=Cc2ccc3cc(N(c4ccc(-c5ccccc5)cc4)c4ccc(-c5ccccc5)cc4)ccc3c2)C(=O)N(CC)C1=S. The van der Waals surface area contributed by atoms with E-state index in [0.717, 1.165) is 44.5 Å². The van der Waals surface area contributed by atoms with Gasteiger partial charge in [0.2, 0.25) is 0 Å². The highest BCUT2D eigenvalue weighted by atomic mass is 32.1. The minimum atomic E-state index is -0.357. The minimum absolute atomic E-state index is 0.123. The molecule has 5 nitrogen and oxygen atoms in total. The molecular formula is C43H35N3O2S. The van der Waals surface area contributed by atoms with Crippen LogP contribution >= 0.6 is 12.2 Å². The third kappa shape index (κ3) is 6.26. The van der Waals surface area contributed by atoms with E-state index in [1.165, 1.54) is 20.9 Å². The topological polar surface area (TPSA) is 43.9 Å². The summed E-state index contributed by atoms with van der Waals surface area (Å²) < 4.78 is 0. The summed E-state index contributed by atoms with van der Waals surface area (Å²) in [6, 6.07) is 50.5. The van der Waals surface area contributed by atoms with E-state index >= 15 is 0 Å². The molecule has 6 heteroatoms. The standard InChI is InChI=1S/C43H35N3O2S/c1-3-44-41(47)40(42(48)45(4-2)43(44)49)28-30-15-16-36-29-39(26-21-35(36)27-30)46(37-22-17-33(18-23-37)31-11-7-5-8-12-31)38-24-19-34(20-25-38)32-13-9-6-10-14-32/h5-29H,3-4H2,1-2H3. The second kappa shape index (κ2) is 13.7. The van der Waals surface area contributed by atoms with E-state index in [0.29, 0.717) is 13.1 Å². The van der Waals surface area contributed by atoms with Gasteiger partial charge < -0.3 is 4.90 Å². The number of anilines is 3. The van der Waals surface area contributed by atoms with E-state index in [9.17, 15) is 9.59 Å². The fraction of sp³-hybridized carbons (Fsp3) is 0.0930. The molecule has 0 unspecified atom stereocenters. The van der Waals surface area contributed by atoms with Gasteiger partial charge in [-0.2, -0.15) is 0 Å². The van der Waals surface area contributed by atoms with Crippen molar-refractivity contribution in [2.75, 3.05) is 18.0 Å². The lowest BCUT2D eigenvalue weighted by molar-refractivity contribution is -0.133. The molecule has 49 heavy (non-hydrogen) atoms. The Morgan fingerprint density at radius 1 is 0.531 bits per heavy atom. The van der Waals surface area contributed by atoms with E-state index in [1.807, 2.05) is 44.2 Å². The Morgan fingerprint density at radius 3 is 1.45 bits per heavy atom. The minimum Gasteiger partial charge on any atom is -0.310 e. The van der Waals surface area contributed by atoms with E-state index in [2.05, 4.69) is 120 Å². The lowest BCUT2D eigenvalue weighted by Gasteiger charge is -2.35. The first-order chi connectivity index (χ1) is 23.9. The van der Waals surface area contributed by atoms with Crippen molar-refractivity contribution >= 4 is 63.1 Å². The fourth-order valence-electron chi connectivity index (χ4n) is 6.34. The van der Waals surface area contributed by atoms with Crippen LogP contribution in [-0.2, 0) is 9.59 Å². The molecule has 7 rings (SSSR count). The molecule has 1 fully saturated rings. The largest absolute Gasteiger partial charge is 0.310 e. The predicted molar refractivity (Wildman–Crippen MR) is 205 cm³/mol. The van der Waals surface area contributed by atoms with Crippen LogP contribution in [0.25, 0.3) is 39.1 Å². The highest BCUT2D eigenvalue weighted by molar-refractivity contribution is 7.80. The van der Waals surface area contributed by atoms with Crippen LogP contribution in [0.5, 0.6) is 0 Å². The zero-order chi connectivity index (χ0) is 33.9. The Balaban J connectivity index is 1.26. The smallest absolute Gasteiger partial charge is 0.265 e. The normalized spacial score (nSPS) is 13.3. The van der Waals surface area contributed by atoms with Crippen molar-refractivity contribution in [1.29, 1.82) is 0 Å². The third-order valence-electron chi connectivity index (χ3n) is 8.93. The molecule has 6 aromatic carbocycles. The van der Waals surface area contributed by atoms with Crippen LogP contribution in [0.2, 0.25) is 0 Å². The van der Waals surface area contributed by atoms with Crippen molar-refractivity contribution < 1.29 is 9.59 Å². The van der Waals surface area contributed by atoms with Crippen molar-refractivity contribution in [1.82, 2.24) is 9.80 Å². The Bertz CT molecular complexity index is 2080. The van der Waals surface area contributed by atoms with Crippen molar-refractivity contribution in [3.63, 3.8) is 0 Å². The van der Waals surface area contributed by atoms with E-state index in [-0.39, 0.29) is 22.5 Å². The average Bonchev–Trinajstić information content (AvgIpc) is 3.15. The molecular weight excluding hydrogens is 623 g/mol. The number of thiocarbonyl (C=S) groups is 1. The second-order valence-corrected chi connectivity index (χ2v) is 12.3. The Kier molecular flexibility index (Phi) is 8.88. The summed E-state index contributed by atoms with van der Waals surface area (Å²) >= 11 is 5.42. The number of hydrogen-bond acceptors (Lipinski definition) is 4. The molecule has 1 saturated heterocycles. The van der Waals surface area contributed by atoms with Gasteiger partial charge in [-0.3, -0.25) is 19.4 Å². The van der Waals surface area contributed by atoms with Gasteiger partial charge in [-0.1, -0.05) is 103 Å². The zero-order valence-corrected chi connectivity index (χ0v) is 28.2. The molecule has 1 heterocycles. The van der Waals surface area contributed by atoms with Gasteiger partial charge in [0.15, 0.2) is 5.11 Å². The van der Waals surface area contributed by atoms with Gasteiger partial charge >= 0.3 is 0 Å². The molecule has 1 aliphatic heterocycles. The lowest BCUT2D eigenvalue weighted by Crippen LogP contribution is -2.55. The molecule has 0 saturated carbocycles. The average molecular weight is 658 g/mol. The van der Waals surface area contributed by atoms with Crippen LogP contribution in [0.1, 0.15) is 19.4 Å². The molecule has 0 radical (unpaired) electrons. The first-order valence-corrected chi connectivity index (χ1v) is 16.9. The molecule has 0 bridgehead atoms. The van der Waals surface area contributed by atoms with E-state index < -0.39 is 0 Å². The van der Waals surface area contributed by atoms with Gasteiger partial charge in [0.1, 0.15) is 5.57 Å². The number of benzene rings is 6. The van der Waals surface area contributed by atoms with Crippen LogP contribution in [-0.4, -0.2) is 39.8 Å². The van der Waals surface area contributed by atoms with Crippen molar-refractivity contribution in [2.45, 2.75) is 13.8 Å². The van der Waals surface area contributed by atoms with Crippen LogP contribution in [0.3, 0.4) is 0 Å². The summed E-state index contributed by atoms with van der Waals surface area (Å²) in [5.41, 5.74) is 8.67. The number of nitrogens with zero attached hydrogens (tertiary/aromatic N) is 3. The van der Waals surface area contributed by atoms with Gasteiger partial charge in [0, 0.05) is 30.2 Å². The van der Waals surface area contributed by atoms with Gasteiger partial charge in [0.05, 0.1) is 0 Å². The third-order valence-corrected chi connectivity index (χ3v) is 9.37. The summed E-state index contributed by atoms with van der Waals surface area (Å²) in [5.74, 6) is -0.713. The van der Waals surface area contributed by atoms with Crippen molar-refractivity contribution in [3.8, 4) is 22.3 Å². The summed E-state index contributed by atoms with van der Waals surface area (Å²) in [6.45, 7) is 4.52. The Hall–Kier alpha value is -5.85. The van der Waals surface area contributed by atoms with E-state index in [4.69, 9.17) is 12.2 Å². The maximum absolute atomic E-state index is 13.2. The number of amides is 2. The quantitative estimate of drug-likeness (QED) is 0.0929. The first kappa shape index (κ1) is 31.7. The molecule has 0 N–H and O–H groups in total. The summed E-state index contributed by atoms with van der Waals surface area (Å²) in [5, 5.41) is 2.30. The summed E-state index contributed by atoms with van der Waals surface area (Å²) in [4.78, 5) is 31.7. The number of carbonyl (C=O) groups excluding carboxylic acids is 2. The van der Waals surface area contributed by atoms with Gasteiger partial charge in [-0.05, 0) is 113 Å². The number of fused-ring (bicyclic) bond motifs is 1. The number of hydrogen-bond donors (Lipinski definition) is 0. The zero-order valence-electron chi connectivity index (χ0n) is 27.4. The first-order valence-electron chi connectivity index (χ1n) is 16.5. The number of likely N-dealkylation sites (N-methyl/N-ethyl adjacent to an activating group) is 2. The van der Waals surface area contributed by atoms with Crippen molar-refractivity contribution in [2.24, 2.45) is 0 Å². The fourth-order valence-corrected chi connectivity index (χ4v) is 6.77. The highest BCUT2D eigenvalue weighted by Gasteiger charge is 2.37. The molecule has 6 aromatic rings. The molecule has 0 aliphatic carbocycles. The van der Waals surface area contributed by atoms with Crippen LogP contribution in [0, 0.1) is 0 Å². The Morgan fingerprint density at radius 2 is 0.959 bits per heavy atom. The number of carbonyl (C=O) groups is 2.